The number of aryl methyl sites for hydroxylation is 2. The van der Waals surface area contributed by atoms with E-state index >= 15 is 0 Å². The van der Waals surface area contributed by atoms with E-state index in [1.165, 1.54) is 24.7 Å². The van der Waals surface area contributed by atoms with Crippen LogP contribution in [0.1, 0.15) is 46.3 Å². The van der Waals surface area contributed by atoms with Gasteiger partial charge in [-0.3, -0.25) is 14.3 Å². The molecule has 0 radical (unpaired) electrons. The van der Waals surface area contributed by atoms with E-state index in [4.69, 9.17) is 0 Å². The maximum absolute atomic E-state index is 11.9. The zero-order valence-electron chi connectivity index (χ0n) is 15.7. The zero-order valence-corrected chi connectivity index (χ0v) is 16.6. The highest BCUT2D eigenvalue weighted by atomic mass is 32.2. The first-order valence-corrected chi connectivity index (χ1v) is 10.8. The molecule has 2 bridgehead atoms. The molecular formula is C21H23NO5S. The summed E-state index contributed by atoms with van der Waals surface area (Å²) in [4.78, 5) is 22.8. The molecule has 6 nitrogen and oxygen atoms in total. The normalized spacial score (nSPS) is 15.5. The number of nitrogens with one attached hydrogen (secondary N) is 1. The predicted octanol–water partition coefficient (Wildman–Crippen LogP) is 3.25. The predicted molar refractivity (Wildman–Crippen MR) is 107 cm³/mol. The number of ether oxygens (including phenoxy) is 1. The van der Waals surface area contributed by atoms with Crippen LogP contribution in [0.4, 0.5) is 5.69 Å². The van der Waals surface area contributed by atoms with Crippen LogP contribution in [0.2, 0.25) is 0 Å². The standard InChI is InChI=1S/C14H16O3.C7H7NO2S/c1-17-14(16)8-7-13(15)12-6-5-10-3-2-4-11(10)9-12;9-11(10)5-6-1-3-7(8-11)4-2-6/h5-6,9H,2-4,7-8H2,1H3;1-4,8H,5H2. The molecule has 0 unspecified atom stereocenters. The van der Waals surface area contributed by atoms with Gasteiger partial charge in [-0.15, -0.1) is 0 Å². The molecule has 2 heterocycles. The van der Waals surface area contributed by atoms with Crippen molar-refractivity contribution in [1.82, 2.24) is 0 Å². The van der Waals surface area contributed by atoms with E-state index < -0.39 is 10.0 Å². The summed E-state index contributed by atoms with van der Waals surface area (Å²) in [6.07, 6.45) is 3.74. The number of rotatable bonds is 4. The van der Waals surface area contributed by atoms with Crippen LogP contribution >= 0.6 is 0 Å². The number of carbonyl (C=O) groups is 2. The van der Waals surface area contributed by atoms with Gasteiger partial charge in [-0.25, -0.2) is 8.42 Å². The van der Waals surface area contributed by atoms with Crippen molar-refractivity contribution < 1.29 is 22.7 Å². The molecule has 0 saturated carbocycles. The van der Waals surface area contributed by atoms with E-state index in [1.54, 1.807) is 12.1 Å². The van der Waals surface area contributed by atoms with Crippen LogP contribution in [0.5, 0.6) is 0 Å². The number of esters is 1. The van der Waals surface area contributed by atoms with Crippen molar-refractivity contribution in [2.24, 2.45) is 0 Å². The van der Waals surface area contributed by atoms with Gasteiger partial charge in [0.15, 0.2) is 5.78 Å². The molecule has 28 heavy (non-hydrogen) atoms. The zero-order chi connectivity index (χ0) is 20.1. The second kappa shape index (κ2) is 8.56. The number of sulfonamides is 1. The number of fused-ring (bicyclic) bond motifs is 5. The molecule has 2 aromatic rings. The third kappa shape index (κ3) is 5.19. The number of Topliss-reactive ketones (excluding diaryl/α,β-unsaturated/α-hetero) is 1. The molecule has 1 aliphatic carbocycles. The lowest BCUT2D eigenvalue weighted by molar-refractivity contribution is -0.140. The summed E-state index contributed by atoms with van der Waals surface area (Å²) in [5.41, 5.74) is 4.84. The number of benzene rings is 2. The summed E-state index contributed by atoms with van der Waals surface area (Å²) in [5, 5.41) is 0. The second-order valence-electron chi connectivity index (χ2n) is 6.89. The van der Waals surface area contributed by atoms with E-state index in [1.807, 2.05) is 30.3 Å². The highest BCUT2D eigenvalue weighted by molar-refractivity contribution is 7.91. The smallest absolute Gasteiger partial charge is 0.305 e. The Balaban J connectivity index is 0.000000176. The van der Waals surface area contributed by atoms with E-state index in [-0.39, 0.29) is 30.3 Å². The fourth-order valence-electron chi connectivity index (χ4n) is 3.31. The van der Waals surface area contributed by atoms with Crippen molar-refractivity contribution in [3.05, 3.63) is 64.7 Å². The molecule has 3 aliphatic rings. The Morgan fingerprint density at radius 2 is 1.71 bits per heavy atom. The van der Waals surface area contributed by atoms with Gasteiger partial charge in [0.1, 0.15) is 0 Å². The summed E-state index contributed by atoms with van der Waals surface area (Å²) >= 11 is 0. The molecule has 5 rings (SSSR count). The average Bonchev–Trinajstić information content (AvgIpc) is 3.03. The molecular weight excluding hydrogens is 378 g/mol. The number of carbonyl (C=O) groups excluding carboxylic acids is 2. The van der Waals surface area contributed by atoms with Gasteiger partial charge in [0.05, 0.1) is 19.3 Å². The summed E-state index contributed by atoms with van der Waals surface area (Å²) in [5.74, 6) is -0.228. The van der Waals surface area contributed by atoms with Gasteiger partial charge in [0.2, 0.25) is 10.0 Å². The molecule has 0 fully saturated rings. The van der Waals surface area contributed by atoms with E-state index in [2.05, 4.69) is 9.46 Å². The molecule has 7 heteroatoms. The quantitative estimate of drug-likeness (QED) is 0.627. The Hall–Kier alpha value is -2.67. The number of methoxy groups -OCH3 is 1. The average molecular weight is 401 g/mol. The van der Waals surface area contributed by atoms with E-state index in [9.17, 15) is 18.0 Å². The van der Waals surface area contributed by atoms with Crippen molar-refractivity contribution in [3.63, 3.8) is 0 Å². The lowest BCUT2D eigenvalue weighted by Crippen LogP contribution is -2.11. The van der Waals surface area contributed by atoms with Crippen molar-refractivity contribution >= 4 is 27.5 Å². The Bertz CT molecular complexity index is 949. The van der Waals surface area contributed by atoms with Crippen molar-refractivity contribution in [2.45, 2.75) is 37.9 Å². The SMILES string of the molecule is COC(=O)CCC(=O)c1ccc2c(c1)CCC2.O=S1(=O)Cc2ccc(cc2)N1. The number of hydrogen-bond donors (Lipinski definition) is 1. The first-order valence-electron chi connectivity index (χ1n) is 9.17. The first kappa shape index (κ1) is 20.1. The van der Waals surface area contributed by atoms with Gasteiger partial charge in [-0.05, 0) is 54.2 Å². The lowest BCUT2D eigenvalue weighted by Gasteiger charge is -2.04. The van der Waals surface area contributed by atoms with Gasteiger partial charge in [-0.1, -0.05) is 24.3 Å². The Morgan fingerprint density at radius 1 is 1.00 bits per heavy atom. The molecule has 1 N–H and O–H groups in total. The van der Waals surface area contributed by atoms with Gasteiger partial charge >= 0.3 is 5.97 Å². The largest absolute Gasteiger partial charge is 0.469 e. The van der Waals surface area contributed by atoms with Crippen molar-refractivity contribution in [1.29, 1.82) is 0 Å². The lowest BCUT2D eigenvalue weighted by atomic mass is 10.0. The molecule has 0 saturated heterocycles. The van der Waals surface area contributed by atoms with Crippen LogP contribution in [0.25, 0.3) is 0 Å². The second-order valence-corrected chi connectivity index (χ2v) is 8.62. The summed E-state index contributed by atoms with van der Waals surface area (Å²) in [6.45, 7) is 0. The van der Waals surface area contributed by atoms with Gasteiger partial charge in [-0.2, -0.15) is 0 Å². The first-order chi connectivity index (χ1) is 13.4. The molecule has 0 aromatic heterocycles. The van der Waals surface area contributed by atoms with Gasteiger partial charge in [0.25, 0.3) is 0 Å². The van der Waals surface area contributed by atoms with Crippen LogP contribution in [-0.4, -0.2) is 27.3 Å². The number of anilines is 1. The van der Waals surface area contributed by atoms with Crippen LogP contribution in [0, 0.1) is 0 Å². The van der Waals surface area contributed by atoms with Crippen LogP contribution in [-0.2, 0) is 38.1 Å². The Kier molecular flexibility index (Phi) is 6.14. The van der Waals surface area contributed by atoms with Crippen molar-refractivity contribution in [2.75, 3.05) is 11.8 Å². The monoisotopic (exact) mass is 401 g/mol. The molecule has 2 aliphatic heterocycles. The van der Waals surface area contributed by atoms with E-state index in [0.717, 1.165) is 24.0 Å². The fraction of sp³-hybridized carbons (Fsp3) is 0.333. The van der Waals surface area contributed by atoms with Gasteiger partial charge < -0.3 is 4.74 Å². The minimum absolute atomic E-state index is 0.0186. The third-order valence-corrected chi connectivity index (χ3v) is 6.05. The minimum atomic E-state index is -3.10. The summed E-state index contributed by atoms with van der Waals surface area (Å²) in [7, 11) is -1.77. The number of hydrogen-bond acceptors (Lipinski definition) is 5. The molecule has 2 aromatic carbocycles. The summed E-state index contributed by atoms with van der Waals surface area (Å²) in [6, 6.07) is 13.0. The maximum Gasteiger partial charge on any atom is 0.305 e. The Labute approximate surface area is 165 Å². The minimum Gasteiger partial charge on any atom is -0.469 e. The highest BCUT2D eigenvalue weighted by Crippen LogP contribution is 2.23. The topological polar surface area (TPSA) is 89.5 Å². The molecule has 0 amide bonds. The van der Waals surface area contributed by atoms with Crippen molar-refractivity contribution in [3.8, 4) is 0 Å². The van der Waals surface area contributed by atoms with Gasteiger partial charge in [0, 0.05) is 17.7 Å². The van der Waals surface area contributed by atoms with E-state index in [0.29, 0.717) is 5.69 Å². The maximum atomic E-state index is 11.9. The number of ketones is 1. The Morgan fingerprint density at radius 3 is 2.43 bits per heavy atom. The van der Waals surface area contributed by atoms with Crippen LogP contribution in [0.15, 0.2) is 42.5 Å². The fourth-order valence-corrected chi connectivity index (χ4v) is 4.51. The molecule has 148 valence electrons. The third-order valence-electron chi connectivity index (χ3n) is 4.79. The molecule has 0 spiro atoms. The molecule has 0 atom stereocenters. The van der Waals surface area contributed by atoms with Crippen LogP contribution < -0.4 is 4.72 Å². The van der Waals surface area contributed by atoms with Crippen LogP contribution in [0.3, 0.4) is 0 Å². The highest BCUT2D eigenvalue weighted by Gasteiger charge is 2.16. The summed E-state index contributed by atoms with van der Waals surface area (Å²) < 4.78 is 29.2.